The van der Waals surface area contributed by atoms with Crippen LogP contribution in [0.5, 0.6) is 23.0 Å². The number of aliphatic hydroxyl groups excluding tert-OH is 4. The van der Waals surface area contributed by atoms with Crippen molar-refractivity contribution in [1.82, 2.24) is 0 Å². The highest BCUT2D eigenvalue weighted by Gasteiger charge is 2.53. The molecule has 0 unspecified atom stereocenters. The fourth-order valence-corrected chi connectivity index (χ4v) is 4.44. The molecule has 15 nitrogen and oxygen atoms in total. The van der Waals surface area contributed by atoms with Crippen LogP contribution in [-0.4, -0.2) is 127 Å². The third-order valence-electron chi connectivity index (χ3n) is 7.03. The Bertz CT molecular complexity index is 1280. The molecular formula is C28H34O15. The number of hydrogen-bond donors (Lipinski definition) is 9. The number of rotatable bonds is 11. The Morgan fingerprint density at radius 1 is 0.953 bits per heavy atom. The van der Waals surface area contributed by atoms with Crippen LogP contribution in [-0.2, 0) is 34.9 Å². The van der Waals surface area contributed by atoms with E-state index in [1.54, 1.807) is 6.07 Å². The van der Waals surface area contributed by atoms with E-state index in [1.807, 2.05) is 0 Å². The molecule has 0 aromatic heterocycles. The predicted molar refractivity (Wildman–Crippen MR) is 143 cm³/mol. The number of ether oxygens (including phenoxy) is 5. The van der Waals surface area contributed by atoms with Crippen LogP contribution in [0.15, 0.2) is 42.5 Å². The maximum Gasteiger partial charge on any atom is 0.330 e. The van der Waals surface area contributed by atoms with Gasteiger partial charge in [-0.1, -0.05) is 12.1 Å². The molecule has 15 heteroatoms. The van der Waals surface area contributed by atoms with Crippen molar-refractivity contribution in [3.05, 3.63) is 53.6 Å². The first kappa shape index (κ1) is 32.4. The molecule has 0 spiro atoms. The molecule has 9 N–H and O–H groups in total. The minimum Gasteiger partial charge on any atom is -0.504 e. The van der Waals surface area contributed by atoms with Crippen molar-refractivity contribution in [2.45, 2.75) is 55.1 Å². The molecule has 2 aliphatic rings. The van der Waals surface area contributed by atoms with Crippen LogP contribution in [0.4, 0.5) is 0 Å². The van der Waals surface area contributed by atoms with E-state index in [2.05, 4.69) is 0 Å². The summed E-state index contributed by atoms with van der Waals surface area (Å²) in [6.07, 6.45) is -8.39. The van der Waals surface area contributed by atoms with Gasteiger partial charge in [-0.05, 0) is 47.9 Å². The summed E-state index contributed by atoms with van der Waals surface area (Å²) in [5.74, 6) is -2.22. The maximum absolute atomic E-state index is 12.3. The lowest BCUT2D eigenvalue weighted by molar-refractivity contribution is -0.329. The van der Waals surface area contributed by atoms with Gasteiger partial charge in [0.1, 0.15) is 42.7 Å². The second kappa shape index (κ2) is 13.9. The summed E-state index contributed by atoms with van der Waals surface area (Å²) in [6, 6.07) is 8.05. The van der Waals surface area contributed by atoms with Gasteiger partial charge in [0.2, 0.25) is 0 Å². The highest BCUT2D eigenvalue weighted by Crippen LogP contribution is 2.32. The minimum atomic E-state index is -2.03. The summed E-state index contributed by atoms with van der Waals surface area (Å²) < 4.78 is 27.4. The fraction of sp³-hybridized carbons (Fsp3) is 0.464. The Labute approximate surface area is 245 Å². The highest BCUT2D eigenvalue weighted by molar-refractivity contribution is 5.87. The number of benzene rings is 2. The first-order valence-electron chi connectivity index (χ1n) is 13.2. The Morgan fingerprint density at radius 3 is 2.30 bits per heavy atom. The second-order valence-electron chi connectivity index (χ2n) is 10.2. The number of hydrogen-bond acceptors (Lipinski definition) is 15. The molecular weight excluding hydrogens is 576 g/mol. The third kappa shape index (κ3) is 7.72. The van der Waals surface area contributed by atoms with Crippen molar-refractivity contribution in [2.24, 2.45) is 0 Å². The average molecular weight is 611 g/mol. The van der Waals surface area contributed by atoms with Gasteiger partial charge in [0, 0.05) is 6.08 Å². The van der Waals surface area contributed by atoms with Crippen LogP contribution in [0.1, 0.15) is 11.1 Å². The van der Waals surface area contributed by atoms with Crippen molar-refractivity contribution >= 4 is 12.0 Å². The van der Waals surface area contributed by atoms with Gasteiger partial charge in [-0.2, -0.15) is 0 Å². The lowest BCUT2D eigenvalue weighted by Crippen LogP contribution is -2.62. The molecule has 2 fully saturated rings. The second-order valence-corrected chi connectivity index (χ2v) is 10.2. The van der Waals surface area contributed by atoms with E-state index < -0.39 is 74.5 Å². The SMILES string of the molecule is O=C(/C=C/c1ccc(O)c(O)c1)OC[C@H]1O[C@@H](OCCc2ccc(O)c(O)c2)[C@H](O)[C@@H](O[C@@H]2OC[C@](O)(CO)[C@H]2O)[C@@H]1O. The van der Waals surface area contributed by atoms with Gasteiger partial charge < -0.3 is 69.6 Å². The number of esters is 1. The number of aromatic hydroxyl groups is 4. The molecule has 2 aliphatic heterocycles. The van der Waals surface area contributed by atoms with Gasteiger partial charge in [0.05, 0.1) is 19.8 Å². The van der Waals surface area contributed by atoms with Crippen molar-refractivity contribution in [2.75, 3.05) is 26.4 Å². The zero-order valence-electron chi connectivity index (χ0n) is 22.7. The Kier molecular flexibility index (Phi) is 10.4. The normalized spacial score (nSPS) is 31.0. The Morgan fingerprint density at radius 2 is 1.65 bits per heavy atom. The molecule has 2 aromatic carbocycles. The molecule has 2 saturated heterocycles. The molecule has 4 rings (SSSR count). The molecule has 0 amide bonds. The summed E-state index contributed by atoms with van der Waals surface area (Å²) in [6.45, 7) is -1.95. The molecule has 236 valence electrons. The number of aliphatic hydroxyl groups is 5. The van der Waals surface area contributed by atoms with Gasteiger partial charge >= 0.3 is 5.97 Å². The van der Waals surface area contributed by atoms with E-state index >= 15 is 0 Å². The van der Waals surface area contributed by atoms with E-state index in [4.69, 9.17) is 23.7 Å². The monoisotopic (exact) mass is 610 g/mol. The van der Waals surface area contributed by atoms with E-state index in [-0.39, 0.29) is 36.0 Å². The van der Waals surface area contributed by atoms with Gasteiger partial charge in [-0.15, -0.1) is 0 Å². The van der Waals surface area contributed by atoms with Gasteiger partial charge in [-0.25, -0.2) is 4.79 Å². The van der Waals surface area contributed by atoms with Crippen LogP contribution >= 0.6 is 0 Å². The van der Waals surface area contributed by atoms with Crippen LogP contribution in [0, 0.1) is 0 Å². The molecule has 0 aliphatic carbocycles. The van der Waals surface area contributed by atoms with Crippen LogP contribution in [0.3, 0.4) is 0 Å². The lowest BCUT2D eigenvalue weighted by atomic mass is 9.98. The first-order chi connectivity index (χ1) is 20.4. The first-order valence-corrected chi connectivity index (χ1v) is 13.2. The smallest absolute Gasteiger partial charge is 0.330 e. The molecule has 2 heterocycles. The van der Waals surface area contributed by atoms with Gasteiger partial charge in [-0.3, -0.25) is 0 Å². The van der Waals surface area contributed by atoms with Crippen molar-refractivity contribution < 1.29 is 74.4 Å². The average Bonchev–Trinajstić information content (AvgIpc) is 3.27. The standard InChI is InChI=1S/C28H34O15/c29-12-28(38)13-41-27(25(28)37)43-24-22(35)20(11-40-21(34)6-3-14-1-4-16(30)18(32)9-14)42-26(23(24)36)39-8-7-15-2-5-17(31)19(33)10-15/h1-6,9-10,20,22-27,29-33,35-38H,7-8,11-13H2/b6-3+/t20-,22-,23-,24+,25+,26-,27+,28-/m1/s1. The summed E-state index contributed by atoms with van der Waals surface area (Å²) in [7, 11) is 0. The van der Waals surface area contributed by atoms with Gasteiger partial charge in [0.25, 0.3) is 0 Å². The zero-order valence-corrected chi connectivity index (χ0v) is 22.7. The van der Waals surface area contributed by atoms with Crippen molar-refractivity contribution in [1.29, 1.82) is 0 Å². The Hall–Kier alpha value is -3.51. The van der Waals surface area contributed by atoms with Gasteiger partial charge in [0.15, 0.2) is 35.6 Å². The van der Waals surface area contributed by atoms with Crippen LogP contribution < -0.4 is 0 Å². The third-order valence-corrected chi connectivity index (χ3v) is 7.03. The summed E-state index contributed by atoms with van der Waals surface area (Å²) >= 11 is 0. The van der Waals surface area contributed by atoms with E-state index in [0.717, 1.165) is 6.08 Å². The molecule has 0 bridgehead atoms. The molecule has 8 atom stereocenters. The molecule has 43 heavy (non-hydrogen) atoms. The number of phenols is 4. The number of carbonyl (C=O) groups is 1. The summed E-state index contributed by atoms with van der Waals surface area (Å²) in [5, 5.41) is 90.1. The van der Waals surface area contributed by atoms with Crippen LogP contribution in [0.2, 0.25) is 0 Å². The highest BCUT2D eigenvalue weighted by atomic mass is 16.7. The summed E-state index contributed by atoms with van der Waals surface area (Å²) in [5.41, 5.74) is -1.07. The quantitative estimate of drug-likeness (QED) is 0.0806. The zero-order chi connectivity index (χ0) is 31.3. The summed E-state index contributed by atoms with van der Waals surface area (Å²) in [4.78, 5) is 12.3. The largest absolute Gasteiger partial charge is 0.504 e. The predicted octanol–water partition coefficient (Wildman–Crippen LogP) is -1.40. The Balaban J connectivity index is 1.43. The van der Waals surface area contributed by atoms with E-state index in [1.165, 1.54) is 36.4 Å². The lowest BCUT2D eigenvalue weighted by Gasteiger charge is -2.43. The molecule has 0 saturated carbocycles. The van der Waals surface area contributed by atoms with Crippen LogP contribution in [0.25, 0.3) is 6.08 Å². The number of phenolic OH excluding ortho intramolecular Hbond substituents is 4. The maximum atomic E-state index is 12.3. The van der Waals surface area contributed by atoms with Crippen molar-refractivity contribution in [3.8, 4) is 23.0 Å². The molecule has 2 aromatic rings. The van der Waals surface area contributed by atoms with E-state index in [0.29, 0.717) is 11.1 Å². The topological polar surface area (TPSA) is 245 Å². The van der Waals surface area contributed by atoms with E-state index in [9.17, 15) is 50.8 Å². The molecule has 0 radical (unpaired) electrons. The minimum absolute atomic E-state index is 0.0731. The fourth-order valence-electron chi connectivity index (χ4n) is 4.44. The number of carbonyl (C=O) groups excluding carboxylic acids is 1. The van der Waals surface area contributed by atoms with Crippen molar-refractivity contribution in [3.63, 3.8) is 0 Å².